The van der Waals surface area contributed by atoms with E-state index in [0.29, 0.717) is 19.3 Å². The van der Waals surface area contributed by atoms with Crippen LogP contribution in [-0.4, -0.2) is 66.5 Å². The molecule has 0 spiro atoms. The van der Waals surface area contributed by atoms with Crippen molar-refractivity contribution in [1.29, 1.82) is 0 Å². The Morgan fingerprint density at radius 3 is 1.07 bits per heavy atom. The van der Waals surface area contributed by atoms with Crippen molar-refractivity contribution in [2.75, 3.05) is 26.4 Å². The molecule has 0 aromatic rings. The predicted octanol–water partition coefficient (Wildman–Crippen LogP) is 17.8. The van der Waals surface area contributed by atoms with Gasteiger partial charge in [0.25, 0.3) is 0 Å². The summed E-state index contributed by atoms with van der Waals surface area (Å²) in [6.07, 6.45) is 69.0. The van der Waals surface area contributed by atoms with Crippen LogP contribution >= 0.6 is 7.82 Å². The van der Waals surface area contributed by atoms with Gasteiger partial charge in [-0.25, -0.2) is 4.57 Å². The Bertz CT molecular complexity index is 1690. The minimum absolute atomic E-state index is 0.139. The van der Waals surface area contributed by atoms with E-state index < -0.39 is 57.8 Å². The summed E-state index contributed by atoms with van der Waals surface area (Å²) in [6.45, 7) is 4.36. The van der Waals surface area contributed by atoms with Crippen molar-refractivity contribution in [3.05, 3.63) is 109 Å². The largest absolute Gasteiger partial charge is 0.472 e. The lowest BCUT2D eigenvalue weighted by Gasteiger charge is -2.21. The van der Waals surface area contributed by atoms with Crippen LogP contribution in [0.1, 0.15) is 239 Å². The standard InChI is InChI=1S/C64H107O11P/c1-4-7-10-13-16-19-22-24-26-28-30-32-34-36-39-41-44-47-50-53-62(66)71-57-61(75-64(68)55-52-49-46-43-40-37-35-33-31-29-27-25-23-20-17-14-11-8-5-2)59-73-76(69,70)72-58-60(56-65)74-63(67)54-51-48-45-42-38-21-18-15-12-9-6-3/h7-8,10-11,16-17,19-20,24-27,30-33,36,39,60-61,65H,4-6,9,12-15,18,21-23,28-29,34-35,37-38,40-59H2,1-3H3,(H,69,70)/b10-7-,11-8-,19-16-,20-17-,26-24-,27-25-,32-30-,33-31-,39-36-. The molecule has 3 unspecified atom stereocenters. The molecule has 0 saturated carbocycles. The molecule has 0 rings (SSSR count). The summed E-state index contributed by atoms with van der Waals surface area (Å²) in [6, 6.07) is 0. The van der Waals surface area contributed by atoms with Crippen LogP contribution < -0.4 is 0 Å². The first-order valence-electron chi connectivity index (χ1n) is 29.8. The molecular formula is C64H107O11P. The van der Waals surface area contributed by atoms with E-state index in [4.69, 9.17) is 23.3 Å². The number of phosphoric acid groups is 1. The highest BCUT2D eigenvalue weighted by molar-refractivity contribution is 7.47. The SMILES string of the molecule is CC/C=C\C/C=C\C/C=C\C/C=C\C/C=C\CCCCCC(=O)OCC(COP(=O)(O)OCC(CO)OC(=O)CCCCCCCCCCCCC)OC(=O)CCCCCCCC/C=C\C/C=C\C/C=C\C/C=C\CC. The van der Waals surface area contributed by atoms with Crippen molar-refractivity contribution in [1.82, 2.24) is 0 Å². The minimum Gasteiger partial charge on any atom is -0.462 e. The summed E-state index contributed by atoms with van der Waals surface area (Å²) in [5.41, 5.74) is 0. The lowest BCUT2D eigenvalue weighted by molar-refractivity contribution is -0.161. The van der Waals surface area contributed by atoms with Gasteiger partial charge in [0.1, 0.15) is 12.7 Å². The molecule has 0 amide bonds. The molecule has 0 aromatic carbocycles. The molecule has 0 aliphatic carbocycles. The van der Waals surface area contributed by atoms with E-state index in [0.717, 1.165) is 135 Å². The van der Waals surface area contributed by atoms with Crippen molar-refractivity contribution in [3.63, 3.8) is 0 Å². The van der Waals surface area contributed by atoms with E-state index in [1.54, 1.807) is 0 Å². The molecular weight excluding hydrogens is 976 g/mol. The van der Waals surface area contributed by atoms with Gasteiger partial charge in [0, 0.05) is 19.3 Å². The van der Waals surface area contributed by atoms with Crippen molar-refractivity contribution in [2.45, 2.75) is 251 Å². The number of aliphatic hydroxyl groups excluding tert-OH is 1. The molecule has 0 heterocycles. The van der Waals surface area contributed by atoms with Gasteiger partial charge in [-0.2, -0.15) is 0 Å². The van der Waals surface area contributed by atoms with Gasteiger partial charge in [0.2, 0.25) is 0 Å². The van der Waals surface area contributed by atoms with Crippen molar-refractivity contribution in [3.8, 4) is 0 Å². The van der Waals surface area contributed by atoms with Crippen LogP contribution in [0.3, 0.4) is 0 Å². The number of carbonyl (C=O) groups excluding carboxylic acids is 3. The fraction of sp³-hybridized carbons (Fsp3) is 0.672. The maximum Gasteiger partial charge on any atom is 0.472 e. The molecule has 0 saturated heterocycles. The lowest BCUT2D eigenvalue weighted by Crippen LogP contribution is -2.30. The molecule has 0 radical (unpaired) electrons. The Balaban J connectivity index is 4.82. The summed E-state index contributed by atoms with van der Waals surface area (Å²) in [5, 5.41) is 9.81. The first-order chi connectivity index (χ1) is 37.2. The number of allylic oxidation sites excluding steroid dienone is 18. The molecule has 76 heavy (non-hydrogen) atoms. The quantitative estimate of drug-likeness (QED) is 0.0197. The second-order valence-electron chi connectivity index (χ2n) is 19.4. The normalized spacial score (nSPS) is 14.1. The Morgan fingerprint density at radius 2 is 0.684 bits per heavy atom. The second-order valence-corrected chi connectivity index (χ2v) is 20.9. The number of aliphatic hydroxyl groups is 1. The maximum absolute atomic E-state index is 12.9. The van der Waals surface area contributed by atoms with Crippen molar-refractivity contribution >= 4 is 25.7 Å². The fourth-order valence-electron chi connectivity index (χ4n) is 7.73. The van der Waals surface area contributed by atoms with E-state index in [-0.39, 0.29) is 25.9 Å². The Morgan fingerprint density at radius 1 is 0.382 bits per heavy atom. The average Bonchev–Trinajstić information content (AvgIpc) is 3.41. The summed E-state index contributed by atoms with van der Waals surface area (Å²) in [7, 11) is -4.76. The monoisotopic (exact) mass is 1080 g/mol. The molecule has 0 aromatic heterocycles. The summed E-state index contributed by atoms with van der Waals surface area (Å²) < 4.78 is 39.5. The van der Waals surface area contributed by atoms with Gasteiger partial charge in [0.15, 0.2) is 6.10 Å². The Kier molecular flexibility index (Phi) is 54.4. The molecule has 0 fully saturated rings. The number of phosphoric ester groups is 1. The lowest BCUT2D eigenvalue weighted by atomic mass is 10.1. The summed E-state index contributed by atoms with van der Waals surface area (Å²) >= 11 is 0. The fourth-order valence-corrected chi connectivity index (χ4v) is 8.51. The van der Waals surface area contributed by atoms with Gasteiger partial charge in [-0.3, -0.25) is 23.4 Å². The number of rotatable bonds is 54. The molecule has 434 valence electrons. The van der Waals surface area contributed by atoms with Gasteiger partial charge in [-0.05, 0) is 103 Å². The highest BCUT2D eigenvalue weighted by atomic mass is 31.2. The number of carbonyl (C=O) groups is 3. The Labute approximate surface area is 463 Å². The molecule has 3 atom stereocenters. The maximum atomic E-state index is 12.9. The van der Waals surface area contributed by atoms with Gasteiger partial charge in [-0.1, -0.05) is 226 Å². The molecule has 0 aliphatic rings. The third-order valence-electron chi connectivity index (χ3n) is 12.2. The topological polar surface area (TPSA) is 155 Å². The zero-order valence-electron chi connectivity index (χ0n) is 47.9. The zero-order chi connectivity index (χ0) is 55.5. The second kappa shape index (κ2) is 57.3. The van der Waals surface area contributed by atoms with Crippen LogP contribution in [0, 0.1) is 0 Å². The molecule has 12 heteroatoms. The van der Waals surface area contributed by atoms with E-state index in [1.165, 1.54) is 44.9 Å². The first kappa shape index (κ1) is 72.1. The zero-order valence-corrected chi connectivity index (χ0v) is 48.8. The molecule has 0 aliphatic heterocycles. The van der Waals surface area contributed by atoms with Crippen LogP contribution in [0.25, 0.3) is 0 Å². The average molecular weight is 1080 g/mol. The third-order valence-corrected chi connectivity index (χ3v) is 13.1. The van der Waals surface area contributed by atoms with Gasteiger partial charge in [0.05, 0.1) is 19.8 Å². The van der Waals surface area contributed by atoms with Crippen LogP contribution in [0.5, 0.6) is 0 Å². The van der Waals surface area contributed by atoms with E-state index in [9.17, 15) is 28.9 Å². The predicted molar refractivity (Wildman–Crippen MR) is 316 cm³/mol. The summed E-state index contributed by atoms with van der Waals surface area (Å²) in [5.74, 6) is -1.52. The van der Waals surface area contributed by atoms with Crippen LogP contribution in [0.15, 0.2) is 109 Å². The summed E-state index contributed by atoms with van der Waals surface area (Å²) in [4.78, 5) is 48.6. The number of unbranched alkanes of at least 4 members (excludes halogenated alkanes) is 19. The highest BCUT2D eigenvalue weighted by Gasteiger charge is 2.28. The van der Waals surface area contributed by atoms with E-state index in [2.05, 4.69) is 130 Å². The molecule has 0 bridgehead atoms. The Hall–Kier alpha value is -3.86. The molecule has 11 nitrogen and oxygen atoms in total. The van der Waals surface area contributed by atoms with E-state index >= 15 is 0 Å². The highest BCUT2D eigenvalue weighted by Crippen LogP contribution is 2.43. The van der Waals surface area contributed by atoms with Gasteiger partial charge in [-0.15, -0.1) is 0 Å². The van der Waals surface area contributed by atoms with Gasteiger partial charge >= 0.3 is 25.7 Å². The molecule has 2 N–H and O–H groups in total. The van der Waals surface area contributed by atoms with E-state index in [1.807, 2.05) is 0 Å². The van der Waals surface area contributed by atoms with Crippen LogP contribution in [-0.2, 0) is 42.2 Å². The first-order valence-corrected chi connectivity index (χ1v) is 31.3. The van der Waals surface area contributed by atoms with Crippen molar-refractivity contribution < 1.29 is 52.2 Å². The smallest absolute Gasteiger partial charge is 0.462 e. The van der Waals surface area contributed by atoms with Crippen molar-refractivity contribution in [2.24, 2.45) is 0 Å². The third kappa shape index (κ3) is 54.9. The number of ether oxygens (including phenoxy) is 3. The number of esters is 3. The van der Waals surface area contributed by atoms with Crippen LogP contribution in [0.4, 0.5) is 0 Å². The number of hydrogen-bond acceptors (Lipinski definition) is 10. The van der Waals surface area contributed by atoms with Gasteiger partial charge < -0.3 is 24.2 Å². The number of hydrogen-bond donors (Lipinski definition) is 2. The minimum atomic E-state index is -4.76. The van der Waals surface area contributed by atoms with Crippen LogP contribution in [0.2, 0.25) is 0 Å².